The fourth-order valence-electron chi connectivity index (χ4n) is 1.32. The minimum absolute atomic E-state index is 0.0763. The van der Waals surface area contributed by atoms with Crippen LogP contribution in [0.1, 0.15) is 28.5 Å². The number of aromatic amines is 1. The van der Waals surface area contributed by atoms with Crippen LogP contribution in [0.25, 0.3) is 0 Å². The van der Waals surface area contributed by atoms with Crippen LogP contribution in [0.2, 0.25) is 0 Å². The lowest BCUT2D eigenvalue weighted by molar-refractivity contribution is 0.101. The highest BCUT2D eigenvalue weighted by Gasteiger charge is 2.10. The van der Waals surface area contributed by atoms with E-state index in [0.29, 0.717) is 6.54 Å². The van der Waals surface area contributed by atoms with E-state index in [4.69, 9.17) is 0 Å². The van der Waals surface area contributed by atoms with Crippen LogP contribution in [0.15, 0.2) is 11.2 Å². The number of carbonyl (C=O) groups excluding carboxylic acids is 1. The molecule has 1 rings (SSSR count). The molecule has 12 heavy (non-hydrogen) atoms. The van der Waals surface area contributed by atoms with E-state index in [1.165, 1.54) is 0 Å². The number of ketones is 1. The first-order chi connectivity index (χ1) is 5.66. The molecule has 0 fully saturated rings. The third-order valence-corrected chi connectivity index (χ3v) is 1.79. The van der Waals surface area contributed by atoms with Crippen LogP contribution in [0, 0.1) is 6.92 Å². The van der Waals surface area contributed by atoms with Gasteiger partial charge in [-0.05, 0) is 20.6 Å². The van der Waals surface area contributed by atoms with E-state index in [0.717, 1.165) is 16.8 Å². The maximum atomic E-state index is 11.1. The predicted octanol–water partition coefficient (Wildman–Crippen LogP) is 1.73. The number of aromatic nitrogens is 1. The Morgan fingerprint density at radius 2 is 2.42 bits per heavy atom. The monoisotopic (exact) mass is 164 g/mol. The largest absolute Gasteiger partial charge is 0.364 e. The second-order valence-electron chi connectivity index (χ2n) is 2.75. The first-order valence-electron chi connectivity index (χ1n) is 3.77. The molecule has 3 heteroatoms. The summed E-state index contributed by atoms with van der Waals surface area (Å²) >= 11 is 0. The quantitative estimate of drug-likeness (QED) is 0.536. The van der Waals surface area contributed by atoms with Gasteiger partial charge in [-0.1, -0.05) is 0 Å². The molecular formula is C9H12N2O. The van der Waals surface area contributed by atoms with Gasteiger partial charge in [0.15, 0.2) is 5.78 Å². The predicted molar refractivity (Wildman–Crippen MR) is 48.8 cm³/mol. The minimum atomic E-state index is 0.0763. The lowest BCUT2D eigenvalue weighted by atomic mass is 10.1. The minimum Gasteiger partial charge on any atom is -0.364 e. The van der Waals surface area contributed by atoms with Gasteiger partial charge in [0.25, 0.3) is 0 Å². The molecule has 0 aliphatic rings. The van der Waals surface area contributed by atoms with Crippen LogP contribution in [0.5, 0.6) is 0 Å². The fraction of sp³-hybridized carbons (Fsp3) is 0.333. The van der Waals surface area contributed by atoms with Crippen LogP contribution in [0.3, 0.4) is 0 Å². The third-order valence-electron chi connectivity index (χ3n) is 1.79. The topological polar surface area (TPSA) is 45.2 Å². The van der Waals surface area contributed by atoms with Crippen molar-refractivity contribution in [3.05, 3.63) is 23.0 Å². The zero-order valence-corrected chi connectivity index (χ0v) is 7.35. The highest BCUT2D eigenvalue weighted by Crippen LogP contribution is 2.14. The van der Waals surface area contributed by atoms with Gasteiger partial charge in [0.05, 0.1) is 6.54 Å². The molecule has 0 atom stereocenters. The van der Waals surface area contributed by atoms with Crippen molar-refractivity contribution in [3.8, 4) is 0 Å². The van der Waals surface area contributed by atoms with Crippen molar-refractivity contribution in [2.45, 2.75) is 20.4 Å². The standard InChI is InChI=1S/C9H12N2O/c1-6-9(7(2)12)8(4-10-3)5-11-6/h5,11H,3-4H2,1-2H3. The molecule has 0 radical (unpaired) electrons. The Morgan fingerprint density at radius 1 is 1.75 bits per heavy atom. The van der Waals surface area contributed by atoms with Crippen molar-refractivity contribution in [3.63, 3.8) is 0 Å². The van der Waals surface area contributed by atoms with Gasteiger partial charge >= 0.3 is 0 Å². The van der Waals surface area contributed by atoms with Crippen molar-refractivity contribution >= 4 is 12.5 Å². The summed E-state index contributed by atoms with van der Waals surface area (Å²) in [5.41, 5.74) is 2.58. The maximum absolute atomic E-state index is 11.1. The first kappa shape index (κ1) is 8.71. The molecule has 0 spiro atoms. The Balaban J connectivity index is 3.11. The SMILES string of the molecule is C=NCc1c[nH]c(C)c1C(C)=O. The number of nitrogens with zero attached hydrogens (tertiary/aromatic N) is 1. The average Bonchev–Trinajstić information content (AvgIpc) is 2.32. The number of hydrogen-bond acceptors (Lipinski definition) is 2. The smallest absolute Gasteiger partial charge is 0.161 e. The van der Waals surface area contributed by atoms with E-state index >= 15 is 0 Å². The Bertz CT molecular complexity index is 312. The Hall–Kier alpha value is -1.38. The number of carbonyl (C=O) groups is 1. The van der Waals surface area contributed by atoms with Crippen LogP contribution in [-0.2, 0) is 6.54 Å². The maximum Gasteiger partial charge on any atom is 0.161 e. The van der Waals surface area contributed by atoms with Crippen LogP contribution in [0.4, 0.5) is 0 Å². The van der Waals surface area contributed by atoms with Gasteiger partial charge < -0.3 is 4.98 Å². The van der Waals surface area contributed by atoms with Gasteiger partial charge in [0.2, 0.25) is 0 Å². The molecule has 1 heterocycles. The number of aliphatic imine (C=N–C) groups is 1. The third kappa shape index (κ3) is 1.44. The molecule has 0 unspecified atom stereocenters. The van der Waals surface area contributed by atoms with Crippen molar-refractivity contribution in [2.24, 2.45) is 4.99 Å². The molecule has 0 bridgehead atoms. The molecular weight excluding hydrogens is 152 g/mol. The van der Waals surface area contributed by atoms with Crippen LogP contribution in [-0.4, -0.2) is 17.5 Å². The highest BCUT2D eigenvalue weighted by atomic mass is 16.1. The number of Topliss-reactive ketones (excluding diaryl/α,β-unsaturated/α-hetero) is 1. The van der Waals surface area contributed by atoms with Gasteiger partial charge in [-0.25, -0.2) is 0 Å². The van der Waals surface area contributed by atoms with Gasteiger partial charge in [-0.3, -0.25) is 9.79 Å². The van der Waals surface area contributed by atoms with Gasteiger partial charge in [-0.2, -0.15) is 0 Å². The number of aryl methyl sites for hydroxylation is 1. The summed E-state index contributed by atoms with van der Waals surface area (Å²) in [6.45, 7) is 7.33. The summed E-state index contributed by atoms with van der Waals surface area (Å²) in [4.78, 5) is 17.9. The number of nitrogens with one attached hydrogen (secondary N) is 1. The second kappa shape index (κ2) is 3.34. The summed E-state index contributed by atoms with van der Waals surface area (Å²) < 4.78 is 0. The Labute approximate surface area is 71.5 Å². The van der Waals surface area contributed by atoms with Crippen LogP contribution >= 0.6 is 0 Å². The second-order valence-corrected chi connectivity index (χ2v) is 2.75. The summed E-state index contributed by atoms with van der Waals surface area (Å²) in [6.07, 6.45) is 1.81. The molecule has 0 saturated heterocycles. The molecule has 0 aliphatic carbocycles. The van der Waals surface area contributed by atoms with Crippen LogP contribution < -0.4 is 0 Å². The lowest BCUT2D eigenvalue weighted by Gasteiger charge is -1.96. The zero-order chi connectivity index (χ0) is 9.14. The van der Waals surface area contributed by atoms with Crippen molar-refractivity contribution < 1.29 is 4.79 Å². The molecule has 1 N–H and O–H groups in total. The van der Waals surface area contributed by atoms with Gasteiger partial charge in [-0.15, -0.1) is 0 Å². The summed E-state index contributed by atoms with van der Waals surface area (Å²) in [7, 11) is 0. The summed E-state index contributed by atoms with van der Waals surface area (Å²) in [6, 6.07) is 0. The first-order valence-corrected chi connectivity index (χ1v) is 3.77. The molecule has 64 valence electrons. The van der Waals surface area contributed by atoms with Gasteiger partial charge in [0.1, 0.15) is 0 Å². The molecule has 1 aromatic heterocycles. The van der Waals surface area contributed by atoms with Crippen molar-refractivity contribution in [2.75, 3.05) is 0 Å². The average molecular weight is 164 g/mol. The van der Waals surface area contributed by atoms with E-state index in [1.54, 1.807) is 13.1 Å². The molecule has 0 amide bonds. The molecule has 3 nitrogen and oxygen atoms in total. The highest BCUT2D eigenvalue weighted by molar-refractivity contribution is 5.96. The van der Waals surface area contributed by atoms with E-state index in [1.807, 2.05) is 6.92 Å². The van der Waals surface area contributed by atoms with Gasteiger partial charge in [0, 0.05) is 23.0 Å². The molecule has 0 aromatic carbocycles. The number of hydrogen-bond donors (Lipinski definition) is 1. The normalized spacial score (nSPS) is 9.83. The zero-order valence-electron chi connectivity index (χ0n) is 7.35. The summed E-state index contributed by atoms with van der Waals surface area (Å²) in [5, 5.41) is 0. The van der Waals surface area contributed by atoms with E-state index < -0.39 is 0 Å². The van der Waals surface area contributed by atoms with E-state index in [9.17, 15) is 4.79 Å². The van der Waals surface area contributed by atoms with E-state index in [-0.39, 0.29) is 5.78 Å². The summed E-state index contributed by atoms with van der Waals surface area (Å²) in [5.74, 6) is 0.0763. The van der Waals surface area contributed by atoms with E-state index in [2.05, 4.69) is 16.7 Å². The fourth-order valence-corrected chi connectivity index (χ4v) is 1.32. The lowest BCUT2D eigenvalue weighted by Crippen LogP contribution is -1.97. The Kier molecular flexibility index (Phi) is 2.43. The van der Waals surface area contributed by atoms with Crippen molar-refractivity contribution in [1.29, 1.82) is 0 Å². The molecule has 1 aromatic rings. The number of H-pyrrole nitrogens is 1. The number of rotatable bonds is 3. The molecule has 0 saturated carbocycles. The van der Waals surface area contributed by atoms with Crippen molar-refractivity contribution in [1.82, 2.24) is 4.98 Å². The Morgan fingerprint density at radius 3 is 2.92 bits per heavy atom. The molecule has 0 aliphatic heterocycles.